The summed E-state index contributed by atoms with van der Waals surface area (Å²) in [4.78, 5) is 6.98. The van der Waals surface area contributed by atoms with Crippen LogP contribution in [0.15, 0.2) is 84.2 Å². The number of piperazine rings is 1. The van der Waals surface area contributed by atoms with Crippen LogP contribution in [0.3, 0.4) is 0 Å². The fraction of sp³-hybridized carbons (Fsp3) is 0.417. The van der Waals surface area contributed by atoms with E-state index in [1.54, 1.807) is 6.07 Å². The minimum atomic E-state index is -0.499. The van der Waals surface area contributed by atoms with Gasteiger partial charge >= 0.3 is 0 Å². The summed E-state index contributed by atoms with van der Waals surface area (Å²) in [6.45, 7) is 13.4. The Hall–Kier alpha value is -3.87. The quantitative estimate of drug-likeness (QED) is 0.255. The molecule has 2 aliphatic heterocycles. The molecule has 3 aromatic carbocycles. The first kappa shape index (κ1) is 29.2. The van der Waals surface area contributed by atoms with Crippen LogP contribution >= 0.6 is 0 Å². The van der Waals surface area contributed by atoms with Crippen molar-refractivity contribution in [3.8, 4) is 0 Å². The SMILES string of the molecule is C=C1N(CC(C)C)N=CN1c1ccc(N2CCN(c3ccc(CC[C@@H]4CCC(c5ccc(F)cc5F)C4)cc3)CC2)cc1. The molecule has 0 bridgehead atoms. The predicted molar refractivity (Wildman–Crippen MR) is 174 cm³/mol. The van der Waals surface area contributed by atoms with E-state index in [9.17, 15) is 8.78 Å². The summed E-state index contributed by atoms with van der Waals surface area (Å²) >= 11 is 0. The number of halogens is 2. The summed E-state index contributed by atoms with van der Waals surface area (Å²) in [6, 6.07) is 21.8. The van der Waals surface area contributed by atoms with E-state index < -0.39 is 11.6 Å². The van der Waals surface area contributed by atoms with E-state index in [0.717, 1.165) is 82.4 Å². The van der Waals surface area contributed by atoms with Crippen molar-refractivity contribution in [2.75, 3.05) is 47.4 Å². The van der Waals surface area contributed by atoms with Gasteiger partial charge < -0.3 is 9.80 Å². The third-order valence-corrected chi connectivity index (χ3v) is 9.28. The summed E-state index contributed by atoms with van der Waals surface area (Å²) in [5, 5.41) is 6.48. The first-order valence-corrected chi connectivity index (χ1v) is 15.8. The molecule has 0 spiro atoms. The maximum absolute atomic E-state index is 14.2. The Morgan fingerprint density at radius 2 is 1.47 bits per heavy atom. The van der Waals surface area contributed by atoms with Crippen LogP contribution in [0.25, 0.3) is 0 Å². The van der Waals surface area contributed by atoms with Crippen LogP contribution in [0.4, 0.5) is 25.8 Å². The van der Waals surface area contributed by atoms with Crippen molar-refractivity contribution in [3.05, 3.63) is 102 Å². The van der Waals surface area contributed by atoms with Crippen molar-refractivity contribution in [1.29, 1.82) is 0 Å². The van der Waals surface area contributed by atoms with Gasteiger partial charge in [0.15, 0.2) is 0 Å². The summed E-state index contributed by atoms with van der Waals surface area (Å²) in [5.74, 6) is 1.33. The second-order valence-electron chi connectivity index (χ2n) is 12.7. The molecule has 226 valence electrons. The summed E-state index contributed by atoms with van der Waals surface area (Å²) in [5.41, 5.74) is 5.65. The molecule has 7 heteroatoms. The predicted octanol–water partition coefficient (Wildman–Crippen LogP) is 8.00. The fourth-order valence-electron chi connectivity index (χ4n) is 6.83. The topological polar surface area (TPSA) is 25.3 Å². The molecule has 0 amide bonds. The Morgan fingerprint density at radius 3 is 2.09 bits per heavy atom. The Kier molecular flexibility index (Phi) is 8.68. The van der Waals surface area contributed by atoms with Gasteiger partial charge in [0.2, 0.25) is 0 Å². The van der Waals surface area contributed by atoms with Crippen LogP contribution in [-0.2, 0) is 6.42 Å². The van der Waals surface area contributed by atoms with E-state index in [4.69, 9.17) is 0 Å². The number of nitrogens with zero attached hydrogens (tertiary/aromatic N) is 5. The van der Waals surface area contributed by atoms with Crippen molar-refractivity contribution in [2.24, 2.45) is 16.9 Å². The molecule has 0 radical (unpaired) electrons. The highest BCUT2D eigenvalue weighted by atomic mass is 19.1. The lowest BCUT2D eigenvalue weighted by atomic mass is 9.93. The van der Waals surface area contributed by atoms with Crippen molar-refractivity contribution >= 4 is 23.4 Å². The molecular formula is C36H43F2N5. The van der Waals surface area contributed by atoms with Crippen molar-refractivity contribution in [1.82, 2.24) is 5.01 Å². The van der Waals surface area contributed by atoms with Gasteiger partial charge in [0.25, 0.3) is 0 Å². The first-order valence-electron chi connectivity index (χ1n) is 15.8. The van der Waals surface area contributed by atoms with Crippen LogP contribution in [0.2, 0.25) is 0 Å². The van der Waals surface area contributed by atoms with E-state index in [0.29, 0.717) is 17.4 Å². The summed E-state index contributed by atoms with van der Waals surface area (Å²) < 4.78 is 27.5. The molecule has 0 N–H and O–H groups in total. The lowest BCUT2D eigenvalue weighted by Crippen LogP contribution is -2.46. The number of rotatable bonds is 9. The van der Waals surface area contributed by atoms with Gasteiger partial charge in [0.1, 0.15) is 23.8 Å². The Balaban J connectivity index is 0.959. The zero-order chi connectivity index (χ0) is 29.9. The largest absolute Gasteiger partial charge is 0.368 e. The van der Waals surface area contributed by atoms with Gasteiger partial charge in [0, 0.05) is 55.9 Å². The number of hydrogen-bond donors (Lipinski definition) is 0. The highest BCUT2D eigenvalue weighted by molar-refractivity contribution is 5.85. The number of benzene rings is 3. The molecule has 5 nitrogen and oxygen atoms in total. The van der Waals surface area contributed by atoms with E-state index >= 15 is 0 Å². The van der Waals surface area contributed by atoms with E-state index in [-0.39, 0.29) is 5.92 Å². The van der Waals surface area contributed by atoms with Gasteiger partial charge in [-0.1, -0.05) is 38.6 Å². The Bertz CT molecular complexity index is 1430. The average Bonchev–Trinajstić information content (AvgIpc) is 3.63. The zero-order valence-corrected chi connectivity index (χ0v) is 25.4. The highest BCUT2D eigenvalue weighted by Gasteiger charge is 2.28. The van der Waals surface area contributed by atoms with Crippen LogP contribution in [0.5, 0.6) is 0 Å². The van der Waals surface area contributed by atoms with Gasteiger partial charge in [0.05, 0.1) is 0 Å². The second kappa shape index (κ2) is 12.8. The third-order valence-electron chi connectivity index (χ3n) is 9.28. The monoisotopic (exact) mass is 583 g/mol. The van der Waals surface area contributed by atoms with E-state index in [2.05, 4.69) is 83.9 Å². The molecule has 3 aromatic rings. The standard InChI is InChI=1S/C36H43F2N5/c1-26(2)24-43-27(3)42(25-39-43)34-15-13-33(14-16-34)41-20-18-40(19-21-41)32-11-7-28(8-12-32)4-5-29-6-9-30(22-29)35-17-10-31(37)23-36(35)38/h7-8,10-17,23,25-26,29-30H,3-6,9,18-22,24H2,1-2H3/t29-,30?/m1/s1. The number of hydrogen-bond acceptors (Lipinski definition) is 5. The molecule has 1 saturated carbocycles. The van der Waals surface area contributed by atoms with E-state index in [1.807, 2.05) is 16.2 Å². The van der Waals surface area contributed by atoms with Gasteiger partial charge in [-0.2, -0.15) is 5.10 Å². The van der Waals surface area contributed by atoms with Gasteiger partial charge in [-0.05, 0) is 103 Å². The van der Waals surface area contributed by atoms with Crippen LogP contribution in [0, 0.1) is 23.5 Å². The lowest BCUT2D eigenvalue weighted by Gasteiger charge is -2.37. The normalized spacial score (nSPS) is 20.6. The molecule has 1 unspecified atom stereocenters. The van der Waals surface area contributed by atoms with Crippen LogP contribution < -0.4 is 14.7 Å². The molecule has 2 fully saturated rings. The number of hydrazone groups is 1. The minimum absolute atomic E-state index is 0.213. The molecule has 2 atom stereocenters. The van der Waals surface area contributed by atoms with Crippen molar-refractivity contribution in [2.45, 2.75) is 51.9 Å². The van der Waals surface area contributed by atoms with Crippen LogP contribution in [0.1, 0.15) is 56.6 Å². The zero-order valence-electron chi connectivity index (χ0n) is 25.4. The first-order chi connectivity index (χ1) is 20.8. The fourth-order valence-corrected chi connectivity index (χ4v) is 6.83. The lowest BCUT2D eigenvalue weighted by molar-refractivity contribution is 0.332. The third kappa shape index (κ3) is 6.71. The smallest absolute Gasteiger partial charge is 0.129 e. The molecule has 43 heavy (non-hydrogen) atoms. The molecule has 6 rings (SSSR count). The number of aryl methyl sites for hydroxylation is 1. The molecule has 0 aromatic heterocycles. The van der Waals surface area contributed by atoms with Crippen molar-refractivity contribution < 1.29 is 8.78 Å². The summed E-state index contributed by atoms with van der Waals surface area (Å²) in [7, 11) is 0. The highest BCUT2D eigenvalue weighted by Crippen LogP contribution is 2.41. The van der Waals surface area contributed by atoms with Gasteiger partial charge in [-0.15, -0.1) is 0 Å². The van der Waals surface area contributed by atoms with Gasteiger partial charge in [-0.25, -0.2) is 13.8 Å². The maximum Gasteiger partial charge on any atom is 0.129 e. The average molecular weight is 584 g/mol. The molecular weight excluding hydrogens is 540 g/mol. The second-order valence-corrected chi connectivity index (χ2v) is 12.7. The van der Waals surface area contributed by atoms with Gasteiger partial charge in [-0.3, -0.25) is 4.90 Å². The summed E-state index contributed by atoms with van der Waals surface area (Å²) in [6.07, 6.45) is 7.11. The minimum Gasteiger partial charge on any atom is -0.368 e. The Morgan fingerprint density at radius 1 is 0.837 bits per heavy atom. The number of anilines is 3. The molecule has 1 saturated heterocycles. The molecule has 1 aliphatic carbocycles. The maximum atomic E-state index is 14.2. The van der Waals surface area contributed by atoms with Crippen molar-refractivity contribution in [3.63, 3.8) is 0 Å². The van der Waals surface area contributed by atoms with Crippen LogP contribution in [-0.4, -0.2) is 44.1 Å². The molecule has 3 aliphatic rings. The Labute approximate surface area is 255 Å². The molecule has 2 heterocycles. The van der Waals surface area contributed by atoms with E-state index in [1.165, 1.54) is 23.0 Å².